The molecule has 2 aromatic rings. The van der Waals surface area contributed by atoms with Gasteiger partial charge in [0.2, 0.25) is 5.91 Å². The van der Waals surface area contributed by atoms with Crippen molar-refractivity contribution in [2.24, 2.45) is 10.8 Å². The summed E-state index contributed by atoms with van der Waals surface area (Å²) in [5.41, 5.74) is 1.34. The molecule has 27 heavy (non-hydrogen) atoms. The van der Waals surface area contributed by atoms with Gasteiger partial charge >= 0.3 is 0 Å². The fourth-order valence-electron chi connectivity index (χ4n) is 5.18. The third-order valence-corrected chi connectivity index (χ3v) is 5.84. The molecule has 142 valence electrons. The Morgan fingerprint density at radius 1 is 1.15 bits per heavy atom. The normalized spacial score (nSPS) is 26.7. The number of likely N-dealkylation sites (tertiary alicyclic amines) is 1. The summed E-state index contributed by atoms with van der Waals surface area (Å²) in [4.78, 5) is 14.8. The lowest BCUT2D eigenvalue weighted by molar-refractivity contribution is -0.127. The number of benzene rings is 1. The Labute approximate surface area is 159 Å². The second-order valence-electron chi connectivity index (χ2n) is 9.22. The molecule has 2 fully saturated rings. The molecule has 0 radical (unpaired) electrons. The van der Waals surface area contributed by atoms with Crippen LogP contribution in [-0.4, -0.2) is 23.4 Å². The van der Waals surface area contributed by atoms with Crippen LogP contribution in [0.4, 0.5) is 4.39 Å². The van der Waals surface area contributed by atoms with Crippen molar-refractivity contribution in [2.75, 3.05) is 6.54 Å². The third-order valence-electron chi connectivity index (χ3n) is 5.84. The minimum absolute atomic E-state index is 0.0566. The molecule has 4 heteroatoms. The number of carbonyl (C=O) groups is 1. The Bertz CT molecular complexity index is 880. The summed E-state index contributed by atoms with van der Waals surface area (Å²) in [7, 11) is 0. The second kappa shape index (κ2) is 6.36. The van der Waals surface area contributed by atoms with Gasteiger partial charge in [-0.1, -0.05) is 20.8 Å². The van der Waals surface area contributed by atoms with Crippen molar-refractivity contribution < 1.29 is 13.6 Å². The van der Waals surface area contributed by atoms with Gasteiger partial charge in [0.1, 0.15) is 17.3 Å². The highest BCUT2D eigenvalue weighted by Crippen LogP contribution is 2.52. The Hall–Kier alpha value is -2.36. The molecule has 1 saturated carbocycles. The summed E-state index contributed by atoms with van der Waals surface area (Å²) in [6, 6.07) is 10.2. The first-order chi connectivity index (χ1) is 12.7. The molecule has 0 N–H and O–H groups in total. The fourth-order valence-corrected chi connectivity index (χ4v) is 5.18. The predicted octanol–water partition coefficient (Wildman–Crippen LogP) is 5.53. The van der Waals surface area contributed by atoms with Crippen molar-refractivity contribution in [3.05, 3.63) is 54.1 Å². The first-order valence-corrected chi connectivity index (χ1v) is 9.58. The number of hydrogen-bond acceptors (Lipinski definition) is 2. The molecule has 0 spiro atoms. The number of amides is 1. The van der Waals surface area contributed by atoms with E-state index in [0.717, 1.165) is 24.9 Å². The zero-order valence-corrected chi connectivity index (χ0v) is 16.2. The van der Waals surface area contributed by atoms with E-state index in [2.05, 4.69) is 20.8 Å². The Morgan fingerprint density at radius 3 is 2.63 bits per heavy atom. The Kier molecular flexibility index (Phi) is 4.25. The lowest BCUT2D eigenvalue weighted by Gasteiger charge is -2.39. The highest BCUT2D eigenvalue weighted by Gasteiger charge is 2.50. The minimum Gasteiger partial charge on any atom is -0.457 e. The number of hydrogen-bond donors (Lipinski definition) is 0. The topological polar surface area (TPSA) is 33.5 Å². The molecule has 2 atom stereocenters. The highest BCUT2D eigenvalue weighted by molar-refractivity contribution is 5.92. The van der Waals surface area contributed by atoms with Crippen LogP contribution in [0.3, 0.4) is 0 Å². The zero-order chi connectivity index (χ0) is 19.2. The van der Waals surface area contributed by atoms with E-state index < -0.39 is 0 Å². The van der Waals surface area contributed by atoms with Gasteiger partial charge in [-0.3, -0.25) is 4.79 Å². The van der Waals surface area contributed by atoms with Crippen molar-refractivity contribution >= 4 is 12.0 Å². The molecule has 1 aromatic carbocycles. The fraction of sp³-hybridized carbons (Fsp3) is 0.435. The maximum Gasteiger partial charge on any atom is 0.246 e. The Balaban J connectivity index is 1.46. The number of halogens is 1. The lowest BCUT2D eigenvalue weighted by Crippen LogP contribution is -2.36. The number of nitrogens with zero attached hydrogens (tertiary/aromatic N) is 1. The van der Waals surface area contributed by atoms with Crippen LogP contribution < -0.4 is 0 Å². The van der Waals surface area contributed by atoms with Gasteiger partial charge < -0.3 is 9.32 Å². The molecule has 2 heterocycles. The molecule has 1 aliphatic heterocycles. The van der Waals surface area contributed by atoms with Gasteiger partial charge in [-0.15, -0.1) is 0 Å². The molecule has 2 bridgehead atoms. The second-order valence-corrected chi connectivity index (χ2v) is 9.22. The summed E-state index contributed by atoms with van der Waals surface area (Å²) in [6.45, 7) is 7.75. The predicted molar refractivity (Wildman–Crippen MR) is 104 cm³/mol. The van der Waals surface area contributed by atoms with Gasteiger partial charge in [0, 0.05) is 24.2 Å². The van der Waals surface area contributed by atoms with Gasteiger partial charge in [-0.25, -0.2) is 4.39 Å². The third kappa shape index (κ3) is 3.71. The number of fused-ring (bicyclic) bond motifs is 2. The van der Waals surface area contributed by atoms with Crippen molar-refractivity contribution in [3.8, 4) is 11.3 Å². The Morgan fingerprint density at radius 2 is 1.89 bits per heavy atom. The molecule has 0 unspecified atom stereocenters. The molecule has 1 aromatic heterocycles. The number of carbonyl (C=O) groups excluding carboxylic acids is 1. The summed E-state index contributed by atoms with van der Waals surface area (Å²) >= 11 is 0. The van der Waals surface area contributed by atoms with Crippen LogP contribution in [0.1, 0.15) is 45.8 Å². The van der Waals surface area contributed by atoms with Crippen molar-refractivity contribution in [2.45, 2.75) is 46.1 Å². The van der Waals surface area contributed by atoms with Gasteiger partial charge in [0.05, 0.1) is 0 Å². The van der Waals surface area contributed by atoms with Gasteiger partial charge in [-0.05, 0) is 72.6 Å². The largest absolute Gasteiger partial charge is 0.457 e. The molecule has 3 nitrogen and oxygen atoms in total. The molecule has 1 saturated heterocycles. The van der Waals surface area contributed by atoms with E-state index in [1.54, 1.807) is 24.3 Å². The summed E-state index contributed by atoms with van der Waals surface area (Å²) < 4.78 is 18.8. The number of rotatable bonds is 3. The first-order valence-electron chi connectivity index (χ1n) is 9.58. The number of furan rings is 1. The molecular formula is C23H26FNO2. The molecule has 1 aliphatic carbocycles. The van der Waals surface area contributed by atoms with Crippen LogP contribution in [0.15, 0.2) is 46.9 Å². The van der Waals surface area contributed by atoms with Crippen LogP contribution in [0.2, 0.25) is 0 Å². The van der Waals surface area contributed by atoms with Crippen LogP contribution in [0, 0.1) is 16.6 Å². The van der Waals surface area contributed by atoms with E-state index in [1.807, 2.05) is 17.0 Å². The SMILES string of the molecule is CC1(C)C[C@H]2C[C@@](C)(CN2C(=O)/C=C/c2ccc(-c3ccc(F)cc3)o2)C1. The van der Waals surface area contributed by atoms with E-state index in [9.17, 15) is 9.18 Å². The van der Waals surface area contributed by atoms with Gasteiger partial charge in [0.15, 0.2) is 0 Å². The maximum atomic E-state index is 13.0. The minimum atomic E-state index is -0.274. The van der Waals surface area contributed by atoms with E-state index in [4.69, 9.17) is 4.42 Å². The summed E-state index contributed by atoms with van der Waals surface area (Å²) in [6.07, 6.45) is 6.68. The zero-order valence-electron chi connectivity index (χ0n) is 16.2. The maximum absolute atomic E-state index is 13.0. The smallest absolute Gasteiger partial charge is 0.246 e. The summed E-state index contributed by atoms with van der Waals surface area (Å²) in [5, 5.41) is 0. The molecular weight excluding hydrogens is 341 g/mol. The average Bonchev–Trinajstić information content (AvgIpc) is 3.14. The summed E-state index contributed by atoms with van der Waals surface area (Å²) in [5.74, 6) is 1.06. The van der Waals surface area contributed by atoms with Crippen LogP contribution in [0.25, 0.3) is 17.4 Å². The molecule has 4 rings (SSSR count). The molecule has 1 amide bonds. The van der Waals surface area contributed by atoms with Crippen LogP contribution in [0.5, 0.6) is 0 Å². The quantitative estimate of drug-likeness (QED) is 0.669. The average molecular weight is 367 g/mol. The van der Waals surface area contributed by atoms with Crippen molar-refractivity contribution in [1.29, 1.82) is 0 Å². The highest BCUT2D eigenvalue weighted by atomic mass is 19.1. The van der Waals surface area contributed by atoms with Crippen molar-refractivity contribution in [3.63, 3.8) is 0 Å². The standard InChI is InChI=1S/C23H26FNO2/c1-22(2)12-18-13-23(3,14-22)15-25(18)21(26)11-9-19-8-10-20(27-19)16-4-6-17(24)7-5-16/h4-11,18H,12-15H2,1-3H3/b11-9+/t18-,23+/m0/s1. The van der Waals surface area contributed by atoms with E-state index in [1.165, 1.54) is 18.6 Å². The van der Waals surface area contributed by atoms with Gasteiger partial charge in [-0.2, -0.15) is 0 Å². The lowest BCUT2D eigenvalue weighted by atomic mass is 9.65. The van der Waals surface area contributed by atoms with Crippen LogP contribution in [-0.2, 0) is 4.79 Å². The van der Waals surface area contributed by atoms with Crippen molar-refractivity contribution in [1.82, 2.24) is 4.90 Å². The van der Waals surface area contributed by atoms with Crippen LogP contribution >= 0.6 is 0 Å². The monoisotopic (exact) mass is 367 g/mol. The van der Waals surface area contributed by atoms with E-state index in [-0.39, 0.29) is 17.1 Å². The van der Waals surface area contributed by atoms with Gasteiger partial charge in [0.25, 0.3) is 0 Å². The van der Waals surface area contributed by atoms with E-state index >= 15 is 0 Å². The van der Waals surface area contributed by atoms with E-state index in [0.29, 0.717) is 23.0 Å². The molecule has 2 aliphatic rings. The first kappa shape index (κ1) is 18.0.